The number of likely N-dealkylation sites (N-methyl/N-ethyl adjacent to an activating group) is 1. The molecule has 2 aliphatic carbocycles. The number of ether oxygens (including phenoxy) is 1. The lowest BCUT2D eigenvalue weighted by molar-refractivity contribution is -0.151. The van der Waals surface area contributed by atoms with E-state index in [1.54, 1.807) is 7.05 Å². The molecular weight excluding hydrogens is 308 g/mol. The minimum atomic E-state index is -0.634. The number of rotatable bonds is 2. The Morgan fingerprint density at radius 1 is 1.08 bits per heavy atom. The molecule has 0 aromatic rings. The first-order valence-corrected chi connectivity index (χ1v) is 9.15. The van der Waals surface area contributed by atoms with Crippen LogP contribution in [0.15, 0.2) is 0 Å². The van der Waals surface area contributed by atoms with E-state index < -0.39 is 5.54 Å². The van der Waals surface area contributed by atoms with E-state index in [4.69, 9.17) is 4.74 Å². The zero-order valence-electron chi connectivity index (χ0n) is 14.4. The molecule has 4 fully saturated rings. The van der Waals surface area contributed by atoms with Gasteiger partial charge in [0.1, 0.15) is 11.3 Å². The summed E-state index contributed by atoms with van der Waals surface area (Å²) < 4.78 is 5.41. The highest BCUT2D eigenvalue weighted by atomic mass is 16.5. The van der Waals surface area contributed by atoms with E-state index in [0.29, 0.717) is 31.1 Å². The van der Waals surface area contributed by atoms with Crippen LogP contribution in [0.4, 0.5) is 4.79 Å². The Bertz CT molecular complexity index is 564. The van der Waals surface area contributed by atoms with E-state index in [1.165, 1.54) is 4.90 Å². The van der Waals surface area contributed by atoms with Crippen LogP contribution in [0.5, 0.6) is 0 Å². The van der Waals surface area contributed by atoms with Crippen LogP contribution < -0.4 is 0 Å². The van der Waals surface area contributed by atoms with Crippen molar-refractivity contribution in [2.24, 2.45) is 11.3 Å². The van der Waals surface area contributed by atoms with Crippen molar-refractivity contribution >= 4 is 17.7 Å². The molecule has 0 unspecified atom stereocenters. The van der Waals surface area contributed by atoms with Crippen LogP contribution in [0.1, 0.15) is 51.4 Å². The molecule has 132 valence electrons. The zero-order valence-corrected chi connectivity index (χ0v) is 14.4. The predicted molar refractivity (Wildman–Crippen MR) is 86.3 cm³/mol. The van der Waals surface area contributed by atoms with Gasteiger partial charge in [0.25, 0.3) is 5.91 Å². The number of Topliss-reactive ketones (excluding diaryl/α,β-unsaturated/α-hetero) is 1. The normalized spacial score (nSPS) is 29.6. The summed E-state index contributed by atoms with van der Waals surface area (Å²) in [5, 5.41) is 0. The number of hydrogen-bond acceptors (Lipinski definition) is 4. The van der Waals surface area contributed by atoms with Gasteiger partial charge in [-0.15, -0.1) is 0 Å². The first kappa shape index (κ1) is 16.1. The van der Waals surface area contributed by atoms with Gasteiger partial charge in [-0.25, -0.2) is 4.79 Å². The molecule has 0 N–H and O–H groups in total. The van der Waals surface area contributed by atoms with E-state index in [-0.39, 0.29) is 17.4 Å². The fourth-order valence-corrected chi connectivity index (χ4v) is 5.26. The zero-order chi connectivity index (χ0) is 16.9. The molecule has 3 amide bonds. The molecule has 0 aromatic heterocycles. The Morgan fingerprint density at radius 3 is 2.33 bits per heavy atom. The Kier molecular flexibility index (Phi) is 3.71. The second-order valence-electron chi connectivity index (χ2n) is 8.24. The number of amides is 3. The van der Waals surface area contributed by atoms with Crippen LogP contribution >= 0.6 is 0 Å². The highest BCUT2D eigenvalue weighted by Crippen LogP contribution is 2.60. The summed E-state index contributed by atoms with van der Waals surface area (Å²) in [7, 11) is 1.60. The number of nitrogens with zero attached hydrogens (tertiary/aromatic N) is 2. The molecule has 4 rings (SSSR count). The van der Waals surface area contributed by atoms with Crippen LogP contribution in [0, 0.1) is 11.3 Å². The van der Waals surface area contributed by atoms with Crippen LogP contribution in [0.3, 0.4) is 0 Å². The number of carbonyl (C=O) groups excluding carboxylic acids is 3. The van der Waals surface area contributed by atoms with Gasteiger partial charge in [-0.2, -0.15) is 0 Å². The van der Waals surface area contributed by atoms with Crippen molar-refractivity contribution in [2.75, 3.05) is 26.8 Å². The highest BCUT2D eigenvalue weighted by molar-refractivity contribution is 6.07. The first-order valence-electron chi connectivity index (χ1n) is 9.15. The summed E-state index contributed by atoms with van der Waals surface area (Å²) in [6, 6.07) is -0.145. The van der Waals surface area contributed by atoms with Gasteiger partial charge in [0.2, 0.25) is 0 Å². The van der Waals surface area contributed by atoms with Gasteiger partial charge in [-0.05, 0) is 49.9 Å². The molecule has 2 saturated carbocycles. The molecule has 0 aromatic carbocycles. The van der Waals surface area contributed by atoms with Gasteiger partial charge >= 0.3 is 6.03 Å². The Morgan fingerprint density at radius 2 is 1.71 bits per heavy atom. The quantitative estimate of drug-likeness (QED) is 0.724. The second-order valence-corrected chi connectivity index (χ2v) is 8.24. The lowest BCUT2D eigenvalue weighted by atomic mass is 9.51. The van der Waals surface area contributed by atoms with Gasteiger partial charge in [-0.3, -0.25) is 14.5 Å². The van der Waals surface area contributed by atoms with E-state index in [2.05, 4.69) is 0 Å². The smallest absolute Gasteiger partial charge is 0.327 e. The average molecular weight is 334 g/mol. The maximum Gasteiger partial charge on any atom is 0.327 e. The average Bonchev–Trinajstić information content (AvgIpc) is 2.74. The van der Waals surface area contributed by atoms with Crippen LogP contribution in [-0.4, -0.2) is 59.9 Å². The lowest BCUT2D eigenvalue weighted by Crippen LogP contribution is -2.64. The molecule has 2 spiro atoms. The van der Waals surface area contributed by atoms with Crippen molar-refractivity contribution < 1.29 is 19.1 Å². The van der Waals surface area contributed by atoms with Crippen molar-refractivity contribution in [3.63, 3.8) is 0 Å². The fourth-order valence-electron chi connectivity index (χ4n) is 5.26. The Balaban J connectivity index is 1.52. The fraction of sp³-hybridized carbons (Fsp3) is 0.833. The molecule has 6 heteroatoms. The van der Waals surface area contributed by atoms with E-state index in [9.17, 15) is 14.4 Å². The predicted octanol–water partition coefficient (Wildman–Crippen LogP) is 1.97. The van der Waals surface area contributed by atoms with Gasteiger partial charge < -0.3 is 9.64 Å². The van der Waals surface area contributed by atoms with Crippen LogP contribution in [-0.2, 0) is 14.3 Å². The number of carbonyl (C=O) groups is 3. The van der Waals surface area contributed by atoms with Crippen molar-refractivity contribution in [1.29, 1.82) is 0 Å². The van der Waals surface area contributed by atoms with Gasteiger partial charge in [0.15, 0.2) is 0 Å². The third-order valence-electron chi connectivity index (χ3n) is 6.72. The number of hydrogen-bond donors (Lipinski definition) is 0. The molecule has 0 radical (unpaired) electrons. The van der Waals surface area contributed by atoms with Gasteiger partial charge in [0, 0.05) is 39.6 Å². The highest BCUT2D eigenvalue weighted by Gasteiger charge is 2.67. The van der Waals surface area contributed by atoms with Crippen molar-refractivity contribution in [3.05, 3.63) is 0 Å². The number of imide groups is 1. The lowest BCUT2D eigenvalue weighted by Gasteiger charge is -2.57. The number of urea groups is 1. The molecule has 4 aliphatic rings. The molecule has 2 saturated heterocycles. The molecule has 6 nitrogen and oxygen atoms in total. The van der Waals surface area contributed by atoms with E-state index >= 15 is 0 Å². The Hall–Kier alpha value is -1.43. The minimum absolute atomic E-state index is 0.0397. The summed E-state index contributed by atoms with van der Waals surface area (Å²) in [6.45, 7) is 2.15. The van der Waals surface area contributed by atoms with E-state index in [1.807, 2.05) is 4.90 Å². The van der Waals surface area contributed by atoms with Crippen molar-refractivity contribution in [1.82, 2.24) is 9.80 Å². The third kappa shape index (κ3) is 2.30. The van der Waals surface area contributed by atoms with Gasteiger partial charge in [0.05, 0.1) is 0 Å². The molecule has 24 heavy (non-hydrogen) atoms. The topological polar surface area (TPSA) is 66.9 Å². The monoisotopic (exact) mass is 334 g/mol. The summed E-state index contributed by atoms with van der Waals surface area (Å²) in [4.78, 5) is 40.2. The van der Waals surface area contributed by atoms with Crippen LogP contribution in [0.25, 0.3) is 0 Å². The Labute approximate surface area is 142 Å². The summed E-state index contributed by atoms with van der Waals surface area (Å²) in [5.74, 6) is 0.719. The van der Waals surface area contributed by atoms with Crippen LogP contribution in [0.2, 0.25) is 0 Å². The standard InChI is InChI=1S/C18H26N2O4/c1-19-15(22)18(11-17(12-18)6-2-14(21)3-7-17)20(16(19)23)10-13-4-8-24-9-5-13/h13H,2-12H2,1H3. The molecular formula is C18H26N2O4. The third-order valence-corrected chi connectivity index (χ3v) is 6.72. The van der Waals surface area contributed by atoms with E-state index in [0.717, 1.165) is 51.7 Å². The maximum absolute atomic E-state index is 12.8. The molecule has 0 atom stereocenters. The molecule has 2 aliphatic heterocycles. The largest absolute Gasteiger partial charge is 0.381 e. The second kappa shape index (κ2) is 5.55. The molecule has 2 heterocycles. The van der Waals surface area contributed by atoms with Gasteiger partial charge in [-0.1, -0.05) is 0 Å². The minimum Gasteiger partial charge on any atom is -0.381 e. The molecule has 0 bridgehead atoms. The summed E-state index contributed by atoms with van der Waals surface area (Å²) in [6.07, 6.45) is 6.42. The SMILES string of the molecule is CN1C(=O)N(CC2CCOCC2)C2(CC3(CCC(=O)CC3)C2)C1=O. The first-order chi connectivity index (χ1) is 11.5. The maximum atomic E-state index is 12.8. The summed E-state index contributed by atoms with van der Waals surface area (Å²) in [5.41, 5.74) is -0.534. The summed E-state index contributed by atoms with van der Waals surface area (Å²) >= 11 is 0. The number of ketones is 1. The van der Waals surface area contributed by atoms with Crippen molar-refractivity contribution in [2.45, 2.75) is 56.9 Å². The van der Waals surface area contributed by atoms with Crippen molar-refractivity contribution in [3.8, 4) is 0 Å².